The van der Waals surface area contributed by atoms with Crippen LogP contribution in [0.5, 0.6) is 5.88 Å². The summed E-state index contributed by atoms with van der Waals surface area (Å²) in [5.74, 6) is 1.09. The molecule has 0 fully saturated rings. The molecule has 0 radical (unpaired) electrons. The van der Waals surface area contributed by atoms with Crippen molar-refractivity contribution in [1.82, 2.24) is 15.0 Å². The van der Waals surface area contributed by atoms with Crippen LogP contribution in [-0.2, 0) is 0 Å². The number of imidazole rings is 1. The fraction of sp³-hybridized carbons (Fsp3) is 0.143. The Balaban J connectivity index is 2.43. The van der Waals surface area contributed by atoms with Crippen molar-refractivity contribution < 1.29 is 9.52 Å². The van der Waals surface area contributed by atoms with E-state index in [0.717, 1.165) is 0 Å². The average molecular weight is 165 g/mol. The number of nitrogens with one attached hydrogen (secondary N) is 1. The van der Waals surface area contributed by atoms with E-state index in [1.165, 1.54) is 12.5 Å². The topological polar surface area (TPSA) is 74.9 Å². The van der Waals surface area contributed by atoms with Crippen molar-refractivity contribution in [3.8, 4) is 17.4 Å². The monoisotopic (exact) mass is 165 g/mol. The number of aromatic nitrogens is 3. The Morgan fingerprint density at radius 3 is 2.92 bits per heavy atom. The molecule has 0 bridgehead atoms. The van der Waals surface area contributed by atoms with Gasteiger partial charge in [-0.1, -0.05) is 0 Å². The molecule has 5 heteroatoms. The van der Waals surface area contributed by atoms with Crippen LogP contribution in [0.1, 0.15) is 5.89 Å². The summed E-state index contributed by atoms with van der Waals surface area (Å²) < 4.78 is 4.98. The highest BCUT2D eigenvalue weighted by Gasteiger charge is 2.06. The lowest BCUT2D eigenvalue weighted by Crippen LogP contribution is -1.79. The van der Waals surface area contributed by atoms with Gasteiger partial charge in [-0.25, -0.2) is 9.97 Å². The summed E-state index contributed by atoms with van der Waals surface area (Å²) in [4.78, 5) is 10.5. The smallest absolute Gasteiger partial charge is 0.208 e. The number of nitrogens with zero attached hydrogens (tertiary/aromatic N) is 2. The molecule has 0 aliphatic heterocycles. The first-order valence-corrected chi connectivity index (χ1v) is 3.42. The van der Waals surface area contributed by atoms with Gasteiger partial charge in [0.25, 0.3) is 0 Å². The Bertz CT molecular complexity index is 353. The van der Waals surface area contributed by atoms with Crippen molar-refractivity contribution in [3.63, 3.8) is 0 Å². The second-order valence-corrected chi connectivity index (χ2v) is 2.37. The number of oxazole rings is 1. The second kappa shape index (κ2) is 2.37. The van der Waals surface area contributed by atoms with Crippen LogP contribution in [-0.4, -0.2) is 20.1 Å². The molecular formula is C7H7N3O2. The van der Waals surface area contributed by atoms with Gasteiger partial charge < -0.3 is 14.5 Å². The molecule has 2 N–H and O–H groups in total. The van der Waals surface area contributed by atoms with E-state index in [1.54, 1.807) is 6.92 Å². The number of H-pyrrole nitrogens is 1. The van der Waals surface area contributed by atoms with Crippen molar-refractivity contribution in [2.75, 3.05) is 0 Å². The molecular weight excluding hydrogens is 158 g/mol. The summed E-state index contributed by atoms with van der Waals surface area (Å²) in [6.07, 6.45) is 2.80. The van der Waals surface area contributed by atoms with Crippen molar-refractivity contribution in [1.29, 1.82) is 0 Å². The van der Waals surface area contributed by atoms with E-state index in [4.69, 9.17) is 9.52 Å². The molecule has 62 valence electrons. The Morgan fingerprint density at radius 1 is 1.58 bits per heavy atom. The molecule has 2 heterocycles. The number of aromatic amines is 1. The van der Waals surface area contributed by atoms with Gasteiger partial charge in [0.15, 0.2) is 11.7 Å². The van der Waals surface area contributed by atoms with E-state index < -0.39 is 0 Å². The van der Waals surface area contributed by atoms with E-state index in [2.05, 4.69) is 15.0 Å². The van der Waals surface area contributed by atoms with Gasteiger partial charge >= 0.3 is 0 Å². The number of hydrogen-bond donors (Lipinski definition) is 2. The van der Waals surface area contributed by atoms with Gasteiger partial charge in [-0.05, 0) is 0 Å². The maximum Gasteiger partial charge on any atom is 0.208 e. The van der Waals surface area contributed by atoms with Crippen LogP contribution >= 0.6 is 0 Å². The minimum atomic E-state index is 0.0191. The molecule has 0 saturated carbocycles. The van der Waals surface area contributed by atoms with E-state index >= 15 is 0 Å². The van der Waals surface area contributed by atoms with Crippen LogP contribution in [0.15, 0.2) is 16.9 Å². The molecule has 0 aliphatic rings. The Kier molecular flexibility index (Phi) is 1.36. The quantitative estimate of drug-likeness (QED) is 0.662. The standard InChI is InChI=1S/C7H7N3O2/c1-4-9-5(3-12-4)7-8-2-6(11)10-7/h2-3,11H,1H3,(H,8,10). The minimum Gasteiger partial charge on any atom is -0.493 e. The van der Waals surface area contributed by atoms with Crippen molar-refractivity contribution in [3.05, 3.63) is 18.4 Å². The summed E-state index contributed by atoms with van der Waals surface area (Å²) in [5.41, 5.74) is 0.591. The molecule has 0 amide bonds. The third kappa shape index (κ3) is 1.05. The first kappa shape index (κ1) is 6.90. The largest absolute Gasteiger partial charge is 0.493 e. The fourth-order valence-corrected chi connectivity index (χ4v) is 0.914. The number of aromatic hydroxyl groups is 1. The van der Waals surface area contributed by atoms with Gasteiger partial charge in [0, 0.05) is 6.92 Å². The van der Waals surface area contributed by atoms with Crippen molar-refractivity contribution >= 4 is 0 Å². The van der Waals surface area contributed by atoms with Gasteiger partial charge in [0.2, 0.25) is 5.88 Å². The maximum atomic E-state index is 8.94. The zero-order chi connectivity index (χ0) is 8.55. The molecule has 0 spiro atoms. The lowest BCUT2D eigenvalue weighted by atomic mass is 10.5. The Morgan fingerprint density at radius 2 is 2.42 bits per heavy atom. The summed E-state index contributed by atoms with van der Waals surface area (Å²) in [7, 11) is 0. The van der Waals surface area contributed by atoms with Gasteiger partial charge in [0.1, 0.15) is 12.0 Å². The van der Waals surface area contributed by atoms with E-state index in [0.29, 0.717) is 17.4 Å². The highest BCUT2D eigenvalue weighted by molar-refractivity contribution is 5.47. The van der Waals surface area contributed by atoms with Crippen LogP contribution in [0.2, 0.25) is 0 Å². The second-order valence-electron chi connectivity index (χ2n) is 2.37. The van der Waals surface area contributed by atoms with Crippen LogP contribution < -0.4 is 0 Å². The lowest BCUT2D eigenvalue weighted by molar-refractivity contribution is 0.457. The van der Waals surface area contributed by atoms with E-state index in [1.807, 2.05) is 0 Å². The summed E-state index contributed by atoms with van der Waals surface area (Å²) >= 11 is 0. The fourth-order valence-electron chi connectivity index (χ4n) is 0.914. The maximum absolute atomic E-state index is 8.94. The molecule has 0 saturated heterocycles. The normalized spacial score (nSPS) is 10.4. The van der Waals surface area contributed by atoms with E-state index in [9.17, 15) is 0 Å². The van der Waals surface area contributed by atoms with Crippen LogP contribution in [0.4, 0.5) is 0 Å². The number of aryl methyl sites for hydroxylation is 1. The molecule has 5 nitrogen and oxygen atoms in total. The summed E-state index contributed by atoms with van der Waals surface area (Å²) in [6.45, 7) is 1.74. The molecule has 2 aromatic rings. The SMILES string of the molecule is Cc1nc(-c2ncc(O)[nH]2)co1. The molecule has 0 unspecified atom stereocenters. The predicted molar refractivity (Wildman–Crippen MR) is 40.5 cm³/mol. The minimum absolute atomic E-state index is 0.0191. The molecule has 2 rings (SSSR count). The Labute approximate surface area is 68.1 Å². The molecule has 0 aromatic carbocycles. The first-order chi connectivity index (χ1) is 5.75. The Hall–Kier alpha value is -1.78. The first-order valence-electron chi connectivity index (χ1n) is 3.42. The van der Waals surface area contributed by atoms with Crippen molar-refractivity contribution in [2.24, 2.45) is 0 Å². The lowest BCUT2D eigenvalue weighted by Gasteiger charge is -1.84. The molecule has 2 aromatic heterocycles. The highest BCUT2D eigenvalue weighted by atomic mass is 16.3. The van der Waals surface area contributed by atoms with Gasteiger partial charge in [0.05, 0.1) is 6.20 Å². The van der Waals surface area contributed by atoms with Gasteiger partial charge in [-0.15, -0.1) is 0 Å². The number of hydrogen-bond acceptors (Lipinski definition) is 4. The molecule has 0 aliphatic carbocycles. The third-order valence-corrected chi connectivity index (χ3v) is 1.42. The van der Waals surface area contributed by atoms with Gasteiger partial charge in [-0.3, -0.25) is 0 Å². The van der Waals surface area contributed by atoms with E-state index in [-0.39, 0.29) is 5.88 Å². The number of rotatable bonds is 1. The van der Waals surface area contributed by atoms with Crippen LogP contribution in [0.3, 0.4) is 0 Å². The zero-order valence-corrected chi connectivity index (χ0v) is 6.40. The zero-order valence-electron chi connectivity index (χ0n) is 6.40. The summed E-state index contributed by atoms with van der Waals surface area (Å²) in [6, 6.07) is 0. The van der Waals surface area contributed by atoms with Crippen LogP contribution in [0, 0.1) is 6.92 Å². The molecule has 12 heavy (non-hydrogen) atoms. The third-order valence-electron chi connectivity index (χ3n) is 1.42. The predicted octanol–water partition coefficient (Wildman–Crippen LogP) is 1.08. The summed E-state index contributed by atoms with van der Waals surface area (Å²) in [5, 5.41) is 8.94. The van der Waals surface area contributed by atoms with Gasteiger partial charge in [-0.2, -0.15) is 0 Å². The van der Waals surface area contributed by atoms with Crippen LogP contribution in [0.25, 0.3) is 11.5 Å². The average Bonchev–Trinajstić information content (AvgIpc) is 2.58. The molecule has 0 atom stereocenters. The highest BCUT2D eigenvalue weighted by Crippen LogP contribution is 2.16. The van der Waals surface area contributed by atoms with Crippen molar-refractivity contribution in [2.45, 2.75) is 6.92 Å².